The van der Waals surface area contributed by atoms with Crippen LogP contribution in [0.3, 0.4) is 0 Å². The number of amides is 1. The molecule has 3 aromatic carbocycles. The Bertz CT molecular complexity index is 1590. The lowest BCUT2D eigenvalue weighted by Crippen LogP contribution is -2.25. The molecule has 1 amide bonds. The smallest absolute Gasteiger partial charge is 0.342 e. The number of ether oxygens (including phenoxy) is 1. The molecule has 0 bridgehead atoms. The minimum Gasteiger partial charge on any atom is -0.465 e. The Morgan fingerprint density at radius 3 is 2.64 bits per heavy atom. The number of nitrogens with zero attached hydrogens (tertiary/aromatic N) is 1. The highest BCUT2D eigenvalue weighted by molar-refractivity contribution is 7.93. The second kappa shape index (κ2) is 7.35. The Hall–Kier alpha value is -3.85. The van der Waals surface area contributed by atoms with Gasteiger partial charge in [0.25, 0.3) is 15.9 Å². The van der Waals surface area contributed by atoms with E-state index < -0.39 is 16.0 Å². The second-order valence-corrected chi connectivity index (χ2v) is 9.35. The molecular formula is C24H20N2O6S. The van der Waals surface area contributed by atoms with E-state index in [2.05, 4.69) is 4.72 Å². The van der Waals surface area contributed by atoms with E-state index in [-0.39, 0.29) is 22.1 Å². The van der Waals surface area contributed by atoms with Gasteiger partial charge in [0.15, 0.2) is 0 Å². The number of benzene rings is 3. The molecule has 1 aliphatic rings. The van der Waals surface area contributed by atoms with Gasteiger partial charge in [0.1, 0.15) is 16.9 Å². The van der Waals surface area contributed by atoms with E-state index in [4.69, 9.17) is 9.15 Å². The highest BCUT2D eigenvalue weighted by atomic mass is 32.2. The first-order valence-corrected chi connectivity index (χ1v) is 11.8. The zero-order valence-electron chi connectivity index (χ0n) is 18.1. The molecule has 8 nitrogen and oxygen atoms in total. The summed E-state index contributed by atoms with van der Waals surface area (Å²) in [5, 5.41) is 1.54. The average molecular weight is 464 g/mol. The van der Waals surface area contributed by atoms with Crippen molar-refractivity contribution >= 4 is 55.0 Å². The van der Waals surface area contributed by atoms with E-state index in [0.29, 0.717) is 45.3 Å². The summed E-state index contributed by atoms with van der Waals surface area (Å²) in [4.78, 5) is 26.6. The van der Waals surface area contributed by atoms with Crippen LogP contribution in [-0.4, -0.2) is 33.9 Å². The Morgan fingerprint density at radius 2 is 1.91 bits per heavy atom. The first kappa shape index (κ1) is 21.0. The van der Waals surface area contributed by atoms with E-state index in [1.165, 1.54) is 19.2 Å². The van der Waals surface area contributed by atoms with Gasteiger partial charge in [-0.05, 0) is 50.2 Å². The maximum atomic E-state index is 13.4. The average Bonchev–Trinajstić information content (AvgIpc) is 3.27. The maximum Gasteiger partial charge on any atom is 0.342 e. The third kappa shape index (κ3) is 3.07. The predicted octanol–water partition coefficient (Wildman–Crippen LogP) is 4.46. The number of methoxy groups -OCH3 is 1. The Kier molecular flexibility index (Phi) is 4.68. The van der Waals surface area contributed by atoms with Crippen molar-refractivity contribution in [2.45, 2.75) is 18.7 Å². The number of sulfonamides is 1. The summed E-state index contributed by atoms with van der Waals surface area (Å²) in [7, 11) is -2.74. The summed E-state index contributed by atoms with van der Waals surface area (Å²) in [6, 6.07) is 12.9. The second-order valence-electron chi connectivity index (χ2n) is 7.70. The molecule has 33 heavy (non-hydrogen) atoms. The van der Waals surface area contributed by atoms with Gasteiger partial charge < -0.3 is 14.1 Å². The number of anilines is 2. The predicted molar refractivity (Wildman–Crippen MR) is 124 cm³/mol. The molecule has 9 heteroatoms. The molecule has 0 atom stereocenters. The maximum absolute atomic E-state index is 13.4. The van der Waals surface area contributed by atoms with Crippen LogP contribution in [0.4, 0.5) is 11.4 Å². The molecule has 0 fully saturated rings. The van der Waals surface area contributed by atoms with Crippen LogP contribution >= 0.6 is 0 Å². The number of hydrogen-bond acceptors (Lipinski definition) is 6. The van der Waals surface area contributed by atoms with Crippen LogP contribution in [-0.2, 0) is 14.8 Å². The van der Waals surface area contributed by atoms with Crippen LogP contribution in [0.15, 0.2) is 57.8 Å². The lowest BCUT2D eigenvalue weighted by molar-refractivity contribution is 0.0600. The number of rotatable bonds is 5. The van der Waals surface area contributed by atoms with E-state index in [9.17, 15) is 18.0 Å². The normalized spacial score (nSPS) is 13.2. The van der Waals surface area contributed by atoms with Crippen molar-refractivity contribution in [3.05, 3.63) is 65.4 Å². The van der Waals surface area contributed by atoms with Crippen molar-refractivity contribution < 1.29 is 27.2 Å². The number of esters is 1. The van der Waals surface area contributed by atoms with E-state index >= 15 is 0 Å². The van der Waals surface area contributed by atoms with Crippen molar-refractivity contribution in [2.24, 2.45) is 0 Å². The van der Waals surface area contributed by atoms with Crippen molar-refractivity contribution in [1.82, 2.24) is 0 Å². The minimum atomic E-state index is -4.01. The van der Waals surface area contributed by atoms with Crippen LogP contribution in [0.1, 0.15) is 33.4 Å². The summed E-state index contributed by atoms with van der Waals surface area (Å²) in [5.41, 5.74) is 2.14. The van der Waals surface area contributed by atoms with Gasteiger partial charge in [0.2, 0.25) is 0 Å². The van der Waals surface area contributed by atoms with Crippen molar-refractivity contribution in [3.8, 4) is 0 Å². The lowest BCUT2D eigenvalue weighted by Gasteiger charge is -2.16. The third-order valence-electron chi connectivity index (χ3n) is 5.86. The van der Waals surface area contributed by atoms with Crippen LogP contribution in [0, 0.1) is 6.92 Å². The van der Waals surface area contributed by atoms with Gasteiger partial charge in [-0.1, -0.05) is 12.1 Å². The number of nitrogens with one attached hydrogen (secondary N) is 1. The molecule has 1 N–H and O–H groups in total. The van der Waals surface area contributed by atoms with E-state index in [0.717, 1.165) is 0 Å². The summed E-state index contributed by atoms with van der Waals surface area (Å²) in [5.74, 6) is -0.324. The van der Waals surface area contributed by atoms with Crippen molar-refractivity contribution in [2.75, 3.05) is 23.3 Å². The number of carbonyl (C=O) groups excluding carboxylic acids is 2. The number of furan rings is 1. The number of fused-ring (bicyclic) bond motifs is 1. The molecule has 0 saturated heterocycles. The van der Waals surface area contributed by atoms with Crippen molar-refractivity contribution in [3.63, 3.8) is 0 Å². The SMILES string of the molecule is CCN1C(=O)c2cccc3c(S(=O)(=O)Nc4ccc5oc(C)c(C(=O)OC)c5c4)ccc1c23. The highest BCUT2D eigenvalue weighted by Crippen LogP contribution is 2.40. The van der Waals surface area contributed by atoms with Gasteiger partial charge in [-0.15, -0.1) is 0 Å². The Morgan fingerprint density at radius 1 is 1.12 bits per heavy atom. The zero-order valence-corrected chi connectivity index (χ0v) is 18.9. The molecule has 168 valence electrons. The fourth-order valence-corrected chi connectivity index (χ4v) is 5.67. The van der Waals surface area contributed by atoms with E-state index in [1.807, 2.05) is 6.92 Å². The van der Waals surface area contributed by atoms with Gasteiger partial charge >= 0.3 is 5.97 Å². The van der Waals surface area contributed by atoms with Gasteiger partial charge in [-0.25, -0.2) is 13.2 Å². The molecule has 0 saturated carbocycles. The molecule has 5 rings (SSSR count). The van der Waals surface area contributed by atoms with E-state index in [1.54, 1.807) is 48.2 Å². The van der Waals surface area contributed by atoms with Crippen molar-refractivity contribution in [1.29, 1.82) is 0 Å². The lowest BCUT2D eigenvalue weighted by atomic mass is 10.1. The Balaban J connectivity index is 1.61. The summed E-state index contributed by atoms with van der Waals surface area (Å²) < 4.78 is 39.8. The summed E-state index contributed by atoms with van der Waals surface area (Å²) in [6.07, 6.45) is 0. The minimum absolute atomic E-state index is 0.0607. The number of carbonyl (C=O) groups is 2. The van der Waals surface area contributed by atoms with Crippen LogP contribution in [0.25, 0.3) is 21.7 Å². The van der Waals surface area contributed by atoms with Gasteiger partial charge in [-0.3, -0.25) is 9.52 Å². The van der Waals surface area contributed by atoms with Gasteiger partial charge in [-0.2, -0.15) is 0 Å². The molecule has 0 aliphatic carbocycles. The summed E-state index contributed by atoms with van der Waals surface area (Å²) >= 11 is 0. The highest BCUT2D eigenvalue weighted by Gasteiger charge is 2.31. The first-order valence-electron chi connectivity index (χ1n) is 10.3. The zero-order chi connectivity index (χ0) is 23.5. The third-order valence-corrected chi connectivity index (χ3v) is 7.30. The first-order chi connectivity index (χ1) is 15.8. The fraction of sp³-hybridized carbons (Fsp3) is 0.167. The largest absolute Gasteiger partial charge is 0.465 e. The Labute approximate surface area is 189 Å². The quantitative estimate of drug-likeness (QED) is 0.437. The monoisotopic (exact) mass is 464 g/mol. The van der Waals surface area contributed by atoms with Crippen LogP contribution in [0.5, 0.6) is 0 Å². The molecule has 1 aromatic heterocycles. The van der Waals surface area contributed by atoms with Gasteiger partial charge in [0.05, 0.1) is 17.7 Å². The van der Waals surface area contributed by atoms with Gasteiger partial charge in [0, 0.05) is 34.0 Å². The topological polar surface area (TPSA) is 106 Å². The van der Waals surface area contributed by atoms with Crippen LogP contribution < -0.4 is 9.62 Å². The molecular weight excluding hydrogens is 444 g/mol. The molecule has 1 aliphatic heterocycles. The molecule has 0 unspecified atom stereocenters. The number of aryl methyl sites for hydroxylation is 1. The number of hydrogen-bond donors (Lipinski definition) is 1. The van der Waals surface area contributed by atoms with Crippen LogP contribution in [0.2, 0.25) is 0 Å². The standard InChI is InChI=1S/C24H20N2O6S/c1-4-26-18-9-11-20(15-6-5-7-16(22(15)18)23(26)27)33(29,30)25-14-8-10-19-17(12-14)21(13(2)32-19)24(28)31-3/h5-12,25H,4H2,1-3H3. The molecule has 0 spiro atoms. The summed E-state index contributed by atoms with van der Waals surface area (Å²) in [6.45, 7) is 4.00. The fourth-order valence-electron chi connectivity index (χ4n) is 4.42. The molecule has 4 aromatic rings. The molecule has 2 heterocycles. The molecule has 0 radical (unpaired) electrons.